The summed E-state index contributed by atoms with van der Waals surface area (Å²) >= 11 is 5.22. The molecular weight excluding hydrogens is 464 g/mol. The van der Waals surface area contributed by atoms with Crippen LogP contribution < -0.4 is 5.73 Å². The number of rotatable bonds is 16. The van der Waals surface area contributed by atoms with Gasteiger partial charge in [-0.15, -0.1) is 0 Å². The van der Waals surface area contributed by atoms with E-state index in [1.54, 1.807) is 0 Å². The first-order valence-electron chi connectivity index (χ1n) is 14.0. The zero-order valence-electron chi connectivity index (χ0n) is 23.1. The van der Waals surface area contributed by atoms with Gasteiger partial charge in [0.25, 0.3) is 0 Å². The van der Waals surface area contributed by atoms with Crippen LogP contribution in [0.5, 0.6) is 0 Å². The van der Waals surface area contributed by atoms with Crippen molar-refractivity contribution in [3.63, 3.8) is 0 Å². The Morgan fingerprint density at radius 2 is 0.943 bits per heavy atom. The van der Waals surface area contributed by atoms with Crippen molar-refractivity contribution in [1.29, 1.82) is 0 Å². The molecule has 35 heavy (non-hydrogen) atoms. The monoisotopic (exact) mass is 517 g/mol. The van der Waals surface area contributed by atoms with Gasteiger partial charge in [-0.05, 0) is 36.8 Å². The summed E-state index contributed by atoms with van der Waals surface area (Å²) < 4.78 is 2.08. The van der Waals surface area contributed by atoms with Gasteiger partial charge in [0.15, 0.2) is 0 Å². The smallest absolute Gasteiger partial charge is 0.111 e. The lowest BCUT2D eigenvalue weighted by molar-refractivity contribution is -0.929. The fourth-order valence-electron chi connectivity index (χ4n) is 4.46. The van der Waals surface area contributed by atoms with E-state index in [9.17, 15) is 0 Å². The van der Waals surface area contributed by atoms with Crippen molar-refractivity contribution >= 4 is 27.4 Å². The van der Waals surface area contributed by atoms with Gasteiger partial charge < -0.3 is 10.2 Å². The van der Waals surface area contributed by atoms with Crippen LogP contribution in [0.2, 0.25) is 0 Å². The topological polar surface area (TPSA) is 26.0 Å². The highest BCUT2D eigenvalue weighted by Gasteiger charge is 2.24. The van der Waals surface area contributed by atoms with E-state index in [1.807, 2.05) is 12.1 Å². The molecular formula is C31H53N2S2+. The minimum absolute atomic E-state index is 0.463. The van der Waals surface area contributed by atoms with Crippen molar-refractivity contribution < 1.29 is 4.48 Å². The first-order valence-corrected chi connectivity index (χ1v) is 16.1. The first kappa shape index (κ1) is 31.7. The molecule has 0 radical (unpaired) electrons. The van der Waals surface area contributed by atoms with Crippen molar-refractivity contribution in [3.05, 3.63) is 71.8 Å². The molecule has 0 saturated carbocycles. The average molecular weight is 518 g/mol. The van der Waals surface area contributed by atoms with E-state index in [0.29, 0.717) is 4.32 Å². The molecule has 2 aromatic rings. The number of thiol groups is 1. The lowest BCUT2D eigenvalue weighted by Crippen LogP contribution is -2.50. The highest BCUT2D eigenvalue weighted by atomic mass is 32.2. The molecule has 198 valence electrons. The Labute approximate surface area is 225 Å². The van der Waals surface area contributed by atoms with Gasteiger partial charge in [0.1, 0.15) is 4.32 Å². The van der Waals surface area contributed by atoms with Crippen LogP contribution in [0.4, 0.5) is 0 Å². The number of unbranched alkanes of at least 4 members (excludes halogenated alkanes) is 4. The molecule has 2 nitrogen and oxygen atoms in total. The number of benzene rings is 2. The third kappa shape index (κ3) is 14.1. The molecule has 0 aliphatic carbocycles. The Hall–Kier alpha value is -1.36. The summed E-state index contributed by atoms with van der Waals surface area (Å²) in [7, 11) is -0.463. The van der Waals surface area contributed by atoms with E-state index in [1.165, 1.54) is 93.2 Å². The van der Waals surface area contributed by atoms with Crippen molar-refractivity contribution in [2.24, 2.45) is 5.73 Å². The molecule has 0 atom stereocenters. The zero-order valence-corrected chi connectivity index (χ0v) is 24.8. The van der Waals surface area contributed by atoms with Crippen LogP contribution in [0.15, 0.2) is 60.7 Å². The Bertz CT molecular complexity index is 685. The molecule has 0 fully saturated rings. The van der Waals surface area contributed by atoms with Gasteiger partial charge >= 0.3 is 0 Å². The van der Waals surface area contributed by atoms with Crippen LogP contribution in [0.1, 0.15) is 90.2 Å². The van der Waals surface area contributed by atoms with Crippen LogP contribution in [0.3, 0.4) is 0 Å². The van der Waals surface area contributed by atoms with E-state index in [0.717, 1.165) is 11.5 Å². The fourth-order valence-corrected chi connectivity index (χ4v) is 6.58. The van der Waals surface area contributed by atoms with Crippen molar-refractivity contribution in [1.82, 2.24) is 0 Å². The zero-order chi connectivity index (χ0) is 25.8. The molecule has 0 heterocycles. The second kappa shape index (κ2) is 19.8. The maximum atomic E-state index is 5.89. The minimum atomic E-state index is -0.463. The van der Waals surface area contributed by atoms with E-state index >= 15 is 0 Å². The normalized spacial score (nSPS) is 11.5. The average Bonchev–Trinajstić information content (AvgIpc) is 2.89. The van der Waals surface area contributed by atoms with Gasteiger partial charge in [-0.1, -0.05) is 126 Å². The predicted molar refractivity (Wildman–Crippen MR) is 165 cm³/mol. The molecule has 0 spiro atoms. The van der Waals surface area contributed by atoms with Gasteiger partial charge in [-0.2, -0.15) is 10.9 Å². The molecule has 0 unspecified atom stereocenters. The third-order valence-electron chi connectivity index (χ3n) is 6.69. The van der Waals surface area contributed by atoms with Crippen LogP contribution in [-0.2, 0) is 11.5 Å². The fraction of sp³-hybridized carbons (Fsp3) is 0.581. The van der Waals surface area contributed by atoms with E-state index < -0.39 is 10.9 Å². The molecule has 0 amide bonds. The van der Waals surface area contributed by atoms with E-state index in [4.69, 9.17) is 18.0 Å². The Balaban J connectivity index is 0.000000351. The summed E-state index contributed by atoms with van der Waals surface area (Å²) in [5, 5.41) is 0. The molecule has 0 bridgehead atoms. The summed E-state index contributed by atoms with van der Waals surface area (Å²) in [6.45, 7) is 15.0. The quantitative estimate of drug-likeness (QED) is 0.132. The van der Waals surface area contributed by atoms with E-state index in [-0.39, 0.29) is 0 Å². The summed E-state index contributed by atoms with van der Waals surface area (Å²) in [4.78, 5) is 0. The van der Waals surface area contributed by atoms with Crippen LogP contribution >= 0.6 is 23.1 Å². The minimum Gasteiger partial charge on any atom is -0.386 e. The summed E-state index contributed by atoms with van der Waals surface area (Å²) in [6, 6.07) is 20.9. The van der Waals surface area contributed by atoms with Gasteiger partial charge in [0.2, 0.25) is 0 Å². The van der Waals surface area contributed by atoms with Gasteiger partial charge in [0.05, 0.1) is 26.2 Å². The van der Waals surface area contributed by atoms with E-state index in [2.05, 4.69) is 76.2 Å². The summed E-state index contributed by atoms with van der Waals surface area (Å²) in [6.07, 6.45) is 11.1. The second-order valence-electron chi connectivity index (χ2n) is 9.82. The lowest BCUT2D eigenvalue weighted by atomic mass is 10.1. The number of hydrogen-bond acceptors (Lipinski definition) is 1. The van der Waals surface area contributed by atoms with Crippen LogP contribution in [0, 0.1) is 0 Å². The first-order chi connectivity index (χ1) is 17.0. The maximum Gasteiger partial charge on any atom is 0.111 e. The van der Waals surface area contributed by atoms with Crippen LogP contribution in [-0.4, -0.2) is 35.0 Å². The predicted octanol–water partition coefficient (Wildman–Crippen LogP) is 8.64. The number of hydrogen-bond donors (Lipinski definition) is 2. The molecule has 2 rings (SSSR count). The third-order valence-corrected chi connectivity index (χ3v) is 9.58. The van der Waals surface area contributed by atoms with Gasteiger partial charge in [-0.25, -0.2) is 0 Å². The molecule has 0 aliphatic rings. The van der Waals surface area contributed by atoms with Gasteiger partial charge in [-0.3, -0.25) is 0 Å². The Morgan fingerprint density at radius 1 is 0.629 bits per heavy atom. The van der Waals surface area contributed by atoms with Crippen molar-refractivity contribution in [3.8, 4) is 0 Å². The second-order valence-corrected chi connectivity index (χ2v) is 12.8. The molecule has 2 N–H and O–H groups in total. The SMILES string of the molecule is CCCC[N+](CCCC)(CCCC)CCCC.NC(=S)[SH](Cc1ccccc1)Cc1ccccc1. The number of nitrogens with zero attached hydrogens (tertiary/aromatic N) is 1. The molecule has 0 aliphatic heterocycles. The molecule has 4 heteroatoms. The molecule has 0 saturated heterocycles. The van der Waals surface area contributed by atoms with Crippen molar-refractivity contribution in [2.45, 2.75) is 90.6 Å². The largest absolute Gasteiger partial charge is 0.386 e. The van der Waals surface area contributed by atoms with Crippen LogP contribution in [0.25, 0.3) is 0 Å². The highest BCUT2D eigenvalue weighted by Crippen LogP contribution is 2.34. The van der Waals surface area contributed by atoms with Gasteiger partial charge in [0, 0.05) is 11.5 Å². The summed E-state index contributed by atoms with van der Waals surface area (Å²) in [5.74, 6) is 1.95. The standard InChI is InChI=1S/C16H36N.C15H17NS2/c1-5-9-13-17(14-10-6-2,15-11-7-3)16-12-8-4;16-15(17)18(11-13-7-3-1-4-8-13)12-14-9-5-2-6-10-14/h5-16H2,1-4H3;1-10,18H,11-12H2,(H2,16,17)/q+1;. The maximum absolute atomic E-state index is 5.89. The Morgan fingerprint density at radius 3 is 1.20 bits per heavy atom. The molecule has 0 aromatic heterocycles. The highest BCUT2D eigenvalue weighted by molar-refractivity contribution is 8.35. The Kier molecular flexibility index (Phi) is 17.9. The number of thiocarbonyl (C=S) groups is 1. The summed E-state index contributed by atoms with van der Waals surface area (Å²) in [5.41, 5.74) is 8.52. The number of nitrogens with two attached hydrogens (primary N) is 1. The lowest BCUT2D eigenvalue weighted by Gasteiger charge is -2.39. The number of quaternary nitrogens is 1. The van der Waals surface area contributed by atoms with Crippen molar-refractivity contribution in [2.75, 3.05) is 26.2 Å². The molecule has 2 aromatic carbocycles.